The van der Waals surface area contributed by atoms with Gasteiger partial charge in [0.1, 0.15) is 0 Å². The third kappa shape index (κ3) is 25.9. The summed E-state index contributed by atoms with van der Waals surface area (Å²) in [5, 5.41) is 3.42. The molecule has 0 rings (SSSR count). The summed E-state index contributed by atoms with van der Waals surface area (Å²) in [5.41, 5.74) is 0. The molecule has 0 bridgehead atoms. The minimum atomic E-state index is 0.0887. The molecule has 0 aliphatic heterocycles. The lowest BCUT2D eigenvalue weighted by Gasteiger charge is -2.09. The predicted octanol–water partition coefficient (Wildman–Crippen LogP) is 11.7. The molecule has 0 aromatic rings. The van der Waals surface area contributed by atoms with E-state index in [2.05, 4.69) is 19.0 Å². The van der Waals surface area contributed by atoms with E-state index >= 15 is 0 Å². The van der Waals surface area contributed by atoms with Crippen LogP contribution in [0, 0.1) is 4.91 Å². The molecule has 0 heterocycles. The van der Waals surface area contributed by atoms with Gasteiger partial charge in [-0.25, -0.2) is 0 Å². The molecule has 0 spiro atoms. The Morgan fingerprint density at radius 1 is 0.375 bits per heavy atom. The van der Waals surface area contributed by atoms with Gasteiger partial charge in [-0.3, -0.25) is 0 Å². The van der Waals surface area contributed by atoms with Gasteiger partial charge in [0.05, 0.1) is 6.04 Å². The molecular formula is C30H61NO. The van der Waals surface area contributed by atoms with Crippen molar-refractivity contribution in [3.63, 3.8) is 0 Å². The van der Waals surface area contributed by atoms with Crippen LogP contribution in [0.15, 0.2) is 5.18 Å². The number of hydrogen-bond acceptors (Lipinski definition) is 2. The highest BCUT2D eigenvalue weighted by atomic mass is 16.3. The van der Waals surface area contributed by atoms with E-state index in [1.807, 2.05) is 0 Å². The summed E-state index contributed by atoms with van der Waals surface area (Å²) >= 11 is 0. The van der Waals surface area contributed by atoms with Gasteiger partial charge >= 0.3 is 0 Å². The molecule has 0 fully saturated rings. The van der Waals surface area contributed by atoms with Crippen LogP contribution in [0.3, 0.4) is 0 Å². The summed E-state index contributed by atoms with van der Waals surface area (Å²) < 4.78 is 0. The van der Waals surface area contributed by atoms with Crippen molar-refractivity contribution < 1.29 is 0 Å². The summed E-state index contributed by atoms with van der Waals surface area (Å²) in [4.78, 5) is 11.1. The molecule has 0 saturated heterocycles. The molecule has 32 heavy (non-hydrogen) atoms. The van der Waals surface area contributed by atoms with Crippen LogP contribution in [0.25, 0.3) is 0 Å². The van der Waals surface area contributed by atoms with E-state index in [0.29, 0.717) is 0 Å². The molecule has 192 valence electrons. The van der Waals surface area contributed by atoms with Crippen LogP contribution in [-0.4, -0.2) is 6.04 Å². The van der Waals surface area contributed by atoms with Crippen molar-refractivity contribution in [2.45, 2.75) is 193 Å². The minimum absolute atomic E-state index is 0.0887. The van der Waals surface area contributed by atoms with Gasteiger partial charge in [-0.15, -0.1) is 0 Å². The average molecular weight is 452 g/mol. The van der Waals surface area contributed by atoms with Crippen LogP contribution in [0.2, 0.25) is 0 Å². The molecule has 0 aromatic carbocycles. The van der Waals surface area contributed by atoms with Crippen molar-refractivity contribution in [3.8, 4) is 0 Å². The van der Waals surface area contributed by atoms with Crippen LogP contribution in [0.1, 0.15) is 187 Å². The number of unbranched alkanes of at least 4 members (excludes halogenated alkanes) is 23. The Hall–Kier alpha value is -0.400. The molecule has 1 atom stereocenters. The van der Waals surface area contributed by atoms with E-state index in [1.165, 1.54) is 161 Å². The summed E-state index contributed by atoms with van der Waals surface area (Å²) in [7, 11) is 0. The Balaban J connectivity index is 3.27. The molecule has 0 radical (unpaired) electrons. The first-order chi connectivity index (χ1) is 15.8. The SMILES string of the molecule is CCCCCCCCCCCCCCCC(CCCCCCCCCCCCCC)N=O. The Morgan fingerprint density at radius 2 is 0.594 bits per heavy atom. The van der Waals surface area contributed by atoms with Crippen molar-refractivity contribution >= 4 is 0 Å². The van der Waals surface area contributed by atoms with Crippen molar-refractivity contribution in [1.82, 2.24) is 0 Å². The predicted molar refractivity (Wildman–Crippen MR) is 146 cm³/mol. The summed E-state index contributed by atoms with van der Waals surface area (Å²) in [6.45, 7) is 4.57. The lowest BCUT2D eigenvalue weighted by Crippen LogP contribution is -2.03. The van der Waals surface area contributed by atoms with Crippen molar-refractivity contribution in [3.05, 3.63) is 4.91 Å². The monoisotopic (exact) mass is 451 g/mol. The Morgan fingerprint density at radius 3 is 0.812 bits per heavy atom. The minimum Gasteiger partial charge on any atom is -0.151 e. The standard InChI is InChI=1S/C30H61NO/c1-3-5-7-9-11-13-15-17-19-21-23-25-27-29-30(31-32)28-26-24-22-20-18-16-14-12-10-8-6-4-2/h30H,3-29H2,1-2H3. The second-order valence-corrected chi connectivity index (χ2v) is 10.5. The van der Waals surface area contributed by atoms with Crippen LogP contribution < -0.4 is 0 Å². The van der Waals surface area contributed by atoms with Gasteiger partial charge in [-0.05, 0) is 12.8 Å². The summed E-state index contributed by atoms with van der Waals surface area (Å²) in [6, 6.07) is 0.0887. The van der Waals surface area contributed by atoms with Crippen LogP contribution in [0.5, 0.6) is 0 Å². The van der Waals surface area contributed by atoms with E-state index in [1.54, 1.807) is 0 Å². The van der Waals surface area contributed by atoms with E-state index in [4.69, 9.17) is 0 Å². The third-order valence-electron chi connectivity index (χ3n) is 7.18. The first-order valence-electron chi connectivity index (χ1n) is 15.2. The second kappa shape index (κ2) is 28.6. The second-order valence-electron chi connectivity index (χ2n) is 10.5. The van der Waals surface area contributed by atoms with E-state index in [-0.39, 0.29) is 6.04 Å². The fourth-order valence-corrected chi connectivity index (χ4v) is 4.87. The number of nitroso groups, excluding NO2 is 1. The molecule has 0 N–H and O–H groups in total. The maximum atomic E-state index is 11.1. The van der Waals surface area contributed by atoms with Crippen LogP contribution >= 0.6 is 0 Å². The van der Waals surface area contributed by atoms with E-state index < -0.39 is 0 Å². The fraction of sp³-hybridized carbons (Fsp3) is 1.00. The summed E-state index contributed by atoms with van der Waals surface area (Å²) in [6.07, 6.45) is 36.6. The average Bonchev–Trinajstić information content (AvgIpc) is 2.81. The maximum absolute atomic E-state index is 11.1. The zero-order valence-electron chi connectivity index (χ0n) is 22.5. The number of rotatable bonds is 28. The Kier molecular flexibility index (Phi) is 28.3. The highest BCUT2D eigenvalue weighted by molar-refractivity contribution is 4.66. The lowest BCUT2D eigenvalue weighted by molar-refractivity contribution is 0.477. The molecule has 2 heteroatoms. The van der Waals surface area contributed by atoms with Crippen LogP contribution in [0.4, 0.5) is 0 Å². The normalized spacial score (nSPS) is 12.3. The molecule has 0 aliphatic rings. The van der Waals surface area contributed by atoms with Gasteiger partial charge in [-0.2, -0.15) is 4.91 Å². The highest BCUT2D eigenvalue weighted by Gasteiger charge is 2.08. The molecule has 0 aliphatic carbocycles. The fourth-order valence-electron chi connectivity index (χ4n) is 4.87. The third-order valence-corrected chi connectivity index (χ3v) is 7.18. The van der Waals surface area contributed by atoms with E-state index in [0.717, 1.165) is 12.8 Å². The topological polar surface area (TPSA) is 29.4 Å². The molecule has 1 unspecified atom stereocenters. The van der Waals surface area contributed by atoms with Gasteiger partial charge in [0.2, 0.25) is 0 Å². The zero-order chi connectivity index (χ0) is 23.4. The number of nitrogens with zero attached hydrogens (tertiary/aromatic N) is 1. The van der Waals surface area contributed by atoms with Gasteiger partial charge in [0.15, 0.2) is 0 Å². The largest absolute Gasteiger partial charge is 0.151 e. The first-order valence-corrected chi connectivity index (χ1v) is 15.2. The lowest BCUT2D eigenvalue weighted by atomic mass is 10.00. The molecule has 2 nitrogen and oxygen atoms in total. The smallest absolute Gasteiger partial charge is 0.0919 e. The van der Waals surface area contributed by atoms with E-state index in [9.17, 15) is 4.91 Å². The molecule has 0 aromatic heterocycles. The highest BCUT2D eigenvalue weighted by Crippen LogP contribution is 2.18. The van der Waals surface area contributed by atoms with Gasteiger partial charge in [-0.1, -0.05) is 180 Å². The van der Waals surface area contributed by atoms with Gasteiger partial charge in [0.25, 0.3) is 0 Å². The Labute approximate surface area is 203 Å². The summed E-state index contributed by atoms with van der Waals surface area (Å²) in [5.74, 6) is 0. The van der Waals surface area contributed by atoms with Gasteiger partial charge < -0.3 is 0 Å². The quantitative estimate of drug-likeness (QED) is 0.0858. The maximum Gasteiger partial charge on any atom is 0.0919 e. The van der Waals surface area contributed by atoms with Crippen LogP contribution in [-0.2, 0) is 0 Å². The number of hydrogen-bond donors (Lipinski definition) is 0. The molecular weight excluding hydrogens is 390 g/mol. The first kappa shape index (κ1) is 31.6. The molecule has 0 amide bonds. The zero-order valence-corrected chi connectivity index (χ0v) is 22.5. The van der Waals surface area contributed by atoms with Crippen molar-refractivity contribution in [2.24, 2.45) is 5.18 Å². The Bertz CT molecular complexity index is 344. The van der Waals surface area contributed by atoms with Crippen molar-refractivity contribution in [1.29, 1.82) is 0 Å². The molecule has 0 saturated carbocycles. The van der Waals surface area contributed by atoms with Crippen molar-refractivity contribution in [2.75, 3.05) is 0 Å². The van der Waals surface area contributed by atoms with Gasteiger partial charge in [0, 0.05) is 0 Å².